The Balaban J connectivity index is 1.68. The van der Waals surface area contributed by atoms with Crippen LogP contribution in [0.1, 0.15) is 42.8 Å². The van der Waals surface area contributed by atoms with Crippen LogP contribution in [0.15, 0.2) is 75.8 Å². The summed E-state index contributed by atoms with van der Waals surface area (Å²) in [6.45, 7) is 0.283. The second kappa shape index (κ2) is 6.86. The molecule has 2 aromatic carbocycles. The van der Waals surface area contributed by atoms with Gasteiger partial charge >= 0.3 is 0 Å². The summed E-state index contributed by atoms with van der Waals surface area (Å²) < 4.78 is 6.57. The summed E-state index contributed by atoms with van der Waals surface area (Å²) >= 11 is 3.39. The third-order valence-corrected chi connectivity index (χ3v) is 6.88. The lowest BCUT2D eigenvalue weighted by Crippen LogP contribution is -2.54. The molecule has 1 fully saturated rings. The highest BCUT2D eigenvalue weighted by atomic mass is 79.9. The Kier molecular flexibility index (Phi) is 4.38. The van der Waals surface area contributed by atoms with Gasteiger partial charge in [-0.2, -0.15) is 0 Å². The van der Waals surface area contributed by atoms with Gasteiger partial charge in [0, 0.05) is 33.6 Å². The number of nitrogens with zero attached hydrogens (tertiary/aromatic N) is 1. The third-order valence-electron chi connectivity index (χ3n) is 6.35. The molecule has 1 saturated heterocycles. The second-order valence-corrected chi connectivity index (χ2v) is 8.74. The fourth-order valence-corrected chi connectivity index (χ4v) is 5.29. The van der Waals surface area contributed by atoms with Gasteiger partial charge < -0.3 is 4.42 Å². The first-order valence-electron chi connectivity index (χ1n) is 9.69. The maximum absolute atomic E-state index is 13.7. The molecular weight excluding hydrogens is 446 g/mol. The highest BCUT2D eigenvalue weighted by Crippen LogP contribution is 2.52. The summed E-state index contributed by atoms with van der Waals surface area (Å²) in [5.41, 5.74) is -0.122. The van der Waals surface area contributed by atoms with Crippen molar-refractivity contribution in [1.82, 2.24) is 4.90 Å². The maximum atomic E-state index is 13.7. The van der Waals surface area contributed by atoms with Crippen molar-refractivity contribution in [3.63, 3.8) is 0 Å². The number of likely N-dealkylation sites (N-methyl/N-ethyl adjacent to an activating group) is 1. The van der Waals surface area contributed by atoms with E-state index in [9.17, 15) is 14.4 Å². The number of likely N-dealkylation sites (tertiary alicyclic amines) is 1. The van der Waals surface area contributed by atoms with E-state index in [2.05, 4.69) is 15.9 Å². The molecule has 2 aliphatic rings. The van der Waals surface area contributed by atoms with E-state index in [1.807, 2.05) is 12.1 Å². The Bertz CT molecular complexity index is 1130. The van der Waals surface area contributed by atoms with Crippen molar-refractivity contribution in [1.29, 1.82) is 0 Å². The number of halogens is 1. The molecule has 0 unspecified atom stereocenters. The lowest BCUT2D eigenvalue weighted by Gasteiger charge is -2.33. The van der Waals surface area contributed by atoms with Gasteiger partial charge in [0.05, 0.1) is 12.2 Å². The average Bonchev–Trinajstić information content (AvgIpc) is 3.43. The summed E-state index contributed by atoms with van der Waals surface area (Å²) in [5.74, 6) is -1.46. The molecule has 5 nitrogen and oxygen atoms in total. The van der Waals surface area contributed by atoms with Gasteiger partial charge in [0.1, 0.15) is 5.76 Å². The lowest BCUT2D eigenvalue weighted by molar-refractivity contribution is 0.0594. The molecule has 150 valence electrons. The van der Waals surface area contributed by atoms with Gasteiger partial charge in [0.2, 0.25) is 0 Å². The number of furan rings is 1. The highest BCUT2D eigenvalue weighted by Gasteiger charge is 2.67. The quantitative estimate of drug-likeness (QED) is 0.425. The zero-order valence-corrected chi connectivity index (χ0v) is 17.8. The minimum Gasteiger partial charge on any atom is -0.469 e. The molecule has 5 rings (SSSR count). The van der Waals surface area contributed by atoms with E-state index >= 15 is 0 Å². The van der Waals surface area contributed by atoms with Crippen LogP contribution < -0.4 is 0 Å². The number of carbonyl (C=O) groups excluding carboxylic acids is 3. The Morgan fingerprint density at radius 1 is 1.00 bits per heavy atom. The maximum Gasteiger partial charge on any atom is 0.192 e. The van der Waals surface area contributed by atoms with E-state index < -0.39 is 17.4 Å². The molecular formula is C24H18BrNO4. The highest BCUT2D eigenvalue weighted by molar-refractivity contribution is 9.10. The SMILES string of the molecule is CN1C[C@H](C(=O)c2ccc(Br)cc2)[C@@H](c2ccco2)C12C(=O)c1ccccc1C2=O. The van der Waals surface area contributed by atoms with Gasteiger partial charge in [-0.1, -0.05) is 52.3 Å². The molecule has 0 amide bonds. The molecule has 0 N–H and O–H groups in total. The van der Waals surface area contributed by atoms with Crippen molar-refractivity contribution in [2.45, 2.75) is 11.5 Å². The van der Waals surface area contributed by atoms with Crippen molar-refractivity contribution in [3.05, 3.63) is 93.9 Å². The Morgan fingerprint density at radius 3 is 2.20 bits per heavy atom. The minimum absolute atomic E-state index is 0.107. The van der Waals surface area contributed by atoms with Crippen molar-refractivity contribution >= 4 is 33.3 Å². The molecule has 1 aromatic heterocycles. The topological polar surface area (TPSA) is 67.6 Å². The Morgan fingerprint density at radius 2 is 1.63 bits per heavy atom. The fourth-order valence-electron chi connectivity index (χ4n) is 5.03. The number of Topliss-reactive ketones (excluding diaryl/α,β-unsaturated/α-hetero) is 3. The number of benzene rings is 2. The van der Waals surface area contributed by atoms with Gasteiger partial charge in [0.15, 0.2) is 22.9 Å². The average molecular weight is 464 g/mol. The van der Waals surface area contributed by atoms with E-state index in [0.717, 1.165) is 4.47 Å². The monoisotopic (exact) mass is 463 g/mol. The molecule has 3 aromatic rings. The number of carbonyl (C=O) groups is 3. The molecule has 30 heavy (non-hydrogen) atoms. The lowest BCUT2D eigenvalue weighted by atomic mass is 9.73. The molecule has 0 radical (unpaired) electrons. The van der Waals surface area contributed by atoms with Crippen LogP contribution in [0.3, 0.4) is 0 Å². The van der Waals surface area contributed by atoms with Crippen LogP contribution in [0.2, 0.25) is 0 Å². The van der Waals surface area contributed by atoms with Crippen molar-refractivity contribution in [2.75, 3.05) is 13.6 Å². The predicted molar refractivity (Wildman–Crippen MR) is 114 cm³/mol. The normalized spacial score (nSPS) is 22.6. The summed E-state index contributed by atoms with van der Waals surface area (Å²) in [5, 5.41) is 0. The van der Waals surface area contributed by atoms with Crippen LogP contribution in [0, 0.1) is 5.92 Å². The molecule has 2 atom stereocenters. The van der Waals surface area contributed by atoms with Crippen LogP contribution >= 0.6 is 15.9 Å². The molecule has 0 saturated carbocycles. The third kappa shape index (κ3) is 2.47. The first kappa shape index (κ1) is 19.2. The summed E-state index contributed by atoms with van der Waals surface area (Å²) in [6.07, 6.45) is 1.51. The number of hydrogen-bond donors (Lipinski definition) is 0. The fraction of sp³-hybridized carbons (Fsp3) is 0.208. The number of hydrogen-bond acceptors (Lipinski definition) is 5. The van der Waals surface area contributed by atoms with E-state index in [0.29, 0.717) is 22.5 Å². The zero-order chi connectivity index (χ0) is 21.0. The molecule has 0 bridgehead atoms. The van der Waals surface area contributed by atoms with Gasteiger partial charge in [0.25, 0.3) is 0 Å². The van der Waals surface area contributed by atoms with Gasteiger partial charge in [-0.15, -0.1) is 0 Å². The molecule has 6 heteroatoms. The van der Waals surface area contributed by atoms with Gasteiger partial charge in [-0.25, -0.2) is 0 Å². The minimum atomic E-state index is -1.47. The largest absolute Gasteiger partial charge is 0.469 e. The van der Waals surface area contributed by atoms with Crippen molar-refractivity contribution < 1.29 is 18.8 Å². The van der Waals surface area contributed by atoms with Gasteiger partial charge in [-0.3, -0.25) is 19.3 Å². The van der Waals surface area contributed by atoms with Gasteiger partial charge in [-0.05, 0) is 31.3 Å². The van der Waals surface area contributed by atoms with E-state index in [-0.39, 0.29) is 23.9 Å². The second-order valence-electron chi connectivity index (χ2n) is 7.82. The number of ketones is 3. The Labute approximate surface area is 181 Å². The molecule has 1 aliphatic heterocycles. The van der Waals surface area contributed by atoms with Crippen molar-refractivity contribution in [2.24, 2.45) is 5.92 Å². The van der Waals surface area contributed by atoms with E-state index in [4.69, 9.17) is 4.42 Å². The Hall–Kier alpha value is -2.83. The predicted octanol–water partition coefficient (Wildman–Crippen LogP) is 4.39. The van der Waals surface area contributed by atoms with Crippen LogP contribution in [0.25, 0.3) is 0 Å². The van der Waals surface area contributed by atoms with Crippen LogP contribution in [0.4, 0.5) is 0 Å². The zero-order valence-electron chi connectivity index (χ0n) is 16.2. The van der Waals surface area contributed by atoms with Crippen molar-refractivity contribution in [3.8, 4) is 0 Å². The van der Waals surface area contributed by atoms with E-state index in [1.165, 1.54) is 6.26 Å². The van der Waals surface area contributed by atoms with Crippen LogP contribution in [0.5, 0.6) is 0 Å². The smallest absolute Gasteiger partial charge is 0.192 e. The summed E-state index contributed by atoms with van der Waals surface area (Å²) in [4.78, 5) is 42.6. The molecule has 1 aliphatic carbocycles. The summed E-state index contributed by atoms with van der Waals surface area (Å²) in [6, 6.07) is 17.5. The summed E-state index contributed by atoms with van der Waals surface area (Å²) in [7, 11) is 1.74. The van der Waals surface area contributed by atoms with Crippen LogP contribution in [-0.2, 0) is 0 Å². The van der Waals surface area contributed by atoms with E-state index in [1.54, 1.807) is 60.5 Å². The first-order chi connectivity index (χ1) is 14.5. The standard InChI is InChI=1S/C24H18BrNO4/c1-26-13-18(21(27)14-8-10-15(25)11-9-14)20(19-7-4-12-30-19)24(26)22(28)16-5-2-3-6-17(16)23(24)29/h2-12,18,20H,13H2,1H3/t18-,20-/m0/s1. The number of rotatable bonds is 3. The van der Waals surface area contributed by atoms with Crippen LogP contribution in [-0.4, -0.2) is 41.4 Å². The molecule has 2 heterocycles. The molecule has 1 spiro atoms. The number of fused-ring (bicyclic) bond motifs is 1. The first-order valence-corrected chi connectivity index (χ1v) is 10.5.